The van der Waals surface area contributed by atoms with E-state index in [9.17, 15) is 0 Å². The van der Waals surface area contributed by atoms with Gasteiger partial charge in [0, 0.05) is 22.0 Å². The first-order chi connectivity index (χ1) is 10.8. The van der Waals surface area contributed by atoms with Gasteiger partial charge in [-0.05, 0) is 49.9 Å². The van der Waals surface area contributed by atoms with Gasteiger partial charge in [0.2, 0.25) is 0 Å². The van der Waals surface area contributed by atoms with Crippen LogP contribution in [-0.4, -0.2) is 0 Å². The van der Waals surface area contributed by atoms with Gasteiger partial charge in [0.05, 0.1) is 0 Å². The molecule has 0 nitrogen and oxygen atoms in total. The Hall–Kier alpha value is -2.44. The van der Waals surface area contributed by atoms with E-state index in [1.165, 1.54) is 25.7 Å². The van der Waals surface area contributed by atoms with E-state index in [-0.39, 0.29) is 10.8 Å². The first-order valence-electron chi connectivity index (χ1n) is 7.99. The Kier molecular flexibility index (Phi) is 3.06. The van der Waals surface area contributed by atoms with Crippen molar-refractivity contribution in [1.82, 2.24) is 0 Å². The Bertz CT molecular complexity index is 712. The second-order valence-corrected chi connectivity index (χ2v) is 6.40. The molecule has 4 rings (SSSR count). The van der Waals surface area contributed by atoms with Crippen molar-refractivity contribution in [2.75, 3.05) is 0 Å². The largest absolute Gasteiger partial charge is 0.0895 e. The van der Waals surface area contributed by atoms with Gasteiger partial charge in [0.15, 0.2) is 0 Å². The van der Waals surface area contributed by atoms with Gasteiger partial charge in [-0.3, -0.25) is 0 Å². The fourth-order valence-electron chi connectivity index (χ4n) is 3.12. The van der Waals surface area contributed by atoms with Gasteiger partial charge in [-0.1, -0.05) is 60.1 Å². The van der Waals surface area contributed by atoms with Gasteiger partial charge in [0.1, 0.15) is 0 Å². The molecule has 0 aliphatic heterocycles. The van der Waals surface area contributed by atoms with Crippen molar-refractivity contribution in [2.45, 2.75) is 25.7 Å². The van der Waals surface area contributed by atoms with Crippen LogP contribution in [0, 0.1) is 34.5 Å². The Balaban J connectivity index is 1.59. The van der Waals surface area contributed by atoms with Gasteiger partial charge < -0.3 is 0 Å². The van der Waals surface area contributed by atoms with Crippen molar-refractivity contribution in [3.8, 4) is 23.7 Å². The highest BCUT2D eigenvalue weighted by Crippen LogP contribution is 2.69. The summed E-state index contributed by atoms with van der Waals surface area (Å²) in [5.41, 5.74) is 2.54. The van der Waals surface area contributed by atoms with Gasteiger partial charge in [0.25, 0.3) is 0 Å². The maximum atomic E-state index is 3.57. The van der Waals surface area contributed by atoms with Crippen LogP contribution in [0.1, 0.15) is 36.8 Å². The summed E-state index contributed by atoms with van der Waals surface area (Å²) in [6.45, 7) is 0. The van der Waals surface area contributed by atoms with Crippen molar-refractivity contribution in [1.29, 1.82) is 0 Å². The van der Waals surface area contributed by atoms with Gasteiger partial charge in [-0.15, -0.1) is 0 Å². The fourth-order valence-corrected chi connectivity index (χ4v) is 3.12. The third-order valence-corrected chi connectivity index (χ3v) is 4.86. The van der Waals surface area contributed by atoms with Crippen molar-refractivity contribution < 1.29 is 0 Å². The molecule has 0 amide bonds. The van der Waals surface area contributed by atoms with Crippen LogP contribution in [0.15, 0.2) is 60.7 Å². The first kappa shape index (κ1) is 13.2. The third-order valence-electron chi connectivity index (χ3n) is 4.86. The summed E-state index contributed by atoms with van der Waals surface area (Å²) in [6, 6.07) is 20.6. The standard InChI is InChI=1S/C22H18/c1-3-7-19(8-4-1)11-13-21(15-16-21)22(17-18-22)14-12-20-9-5-2-6-10-20/h1-10H,15-18H2. The van der Waals surface area contributed by atoms with E-state index in [0.717, 1.165) is 11.1 Å². The lowest BCUT2D eigenvalue weighted by molar-refractivity contribution is 0.472. The molecule has 0 N–H and O–H groups in total. The predicted octanol–water partition coefficient (Wildman–Crippen LogP) is 4.65. The molecule has 0 heterocycles. The molecule has 2 aliphatic carbocycles. The number of hydrogen-bond acceptors (Lipinski definition) is 0. The quantitative estimate of drug-likeness (QED) is 0.668. The molecule has 2 aliphatic rings. The Morgan fingerprint density at radius 3 is 1.23 bits per heavy atom. The van der Waals surface area contributed by atoms with Crippen LogP contribution in [0.2, 0.25) is 0 Å². The highest BCUT2D eigenvalue weighted by Gasteiger charge is 2.64. The zero-order valence-corrected chi connectivity index (χ0v) is 12.6. The zero-order chi connectivity index (χ0) is 14.9. The molecule has 2 fully saturated rings. The van der Waals surface area contributed by atoms with Crippen molar-refractivity contribution >= 4 is 0 Å². The van der Waals surface area contributed by atoms with E-state index in [4.69, 9.17) is 0 Å². The minimum atomic E-state index is 0.157. The smallest absolute Gasteiger partial charge is 0.0484 e. The van der Waals surface area contributed by atoms with Crippen LogP contribution in [-0.2, 0) is 0 Å². The summed E-state index contributed by atoms with van der Waals surface area (Å²) in [5, 5.41) is 0. The molecule has 0 atom stereocenters. The lowest BCUT2D eigenvalue weighted by Crippen LogP contribution is -2.13. The van der Waals surface area contributed by atoms with Crippen molar-refractivity contribution in [3.63, 3.8) is 0 Å². The van der Waals surface area contributed by atoms with Gasteiger partial charge in [-0.25, -0.2) is 0 Å². The van der Waals surface area contributed by atoms with Crippen LogP contribution >= 0.6 is 0 Å². The van der Waals surface area contributed by atoms with Crippen molar-refractivity contribution in [2.24, 2.45) is 10.8 Å². The lowest BCUT2D eigenvalue weighted by Gasteiger charge is -2.15. The van der Waals surface area contributed by atoms with Gasteiger partial charge >= 0.3 is 0 Å². The topological polar surface area (TPSA) is 0 Å². The maximum absolute atomic E-state index is 3.57. The van der Waals surface area contributed by atoms with E-state index in [1.807, 2.05) is 36.4 Å². The summed E-state index contributed by atoms with van der Waals surface area (Å²) in [4.78, 5) is 0. The second kappa shape index (κ2) is 5.08. The molecule has 0 bridgehead atoms. The highest BCUT2D eigenvalue weighted by atomic mass is 14.6. The van der Waals surface area contributed by atoms with E-state index in [0.29, 0.717) is 0 Å². The van der Waals surface area contributed by atoms with Crippen LogP contribution in [0.4, 0.5) is 0 Å². The first-order valence-corrected chi connectivity index (χ1v) is 7.99. The average Bonchev–Trinajstić information content (AvgIpc) is 3.48. The summed E-state index contributed by atoms with van der Waals surface area (Å²) in [6.07, 6.45) is 4.82. The third kappa shape index (κ3) is 2.43. The normalized spacial score (nSPS) is 19.1. The van der Waals surface area contributed by atoms with E-state index < -0.39 is 0 Å². The van der Waals surface area contributed by atoms with Gasteiger partial charge in [-0.2, -0.15) is 0 Å². The summed E-state index contributed by atoms with van der Waals surface area (Å²) >= 11 is 0. The average molecular weight is 282 g/mol. The SMILES string of the molecule is C(#CC1(C2(C#Cc3ccccc3)CC2)CC1)c1ccccc1. The van der Waals surface area contributed by atoms with E-state index >= 15 is 0 Å². The summed E-state index contributed by atoms with van der Waals surface area (Å²) in [5.74, 6) is 13.9. The minimum absolute atomic E-state index is 0.157. The van der Waals surface area contributed by atoms with E-state index in [2.05, 4.69) is 47.9 Å². The van der Waals surface area contributed by atoms with Crippen LogP contribution < -0.4 is 0 Å². The molecule has 0 heteroatoms. The zero-order valence-electron chi connectivity index (χ0n) is 12.6. The van der Waals surface area contributed by atoms with Crippen LogP contribution in [0.25, 0.3) is 0 Å². The minimum Gasteiger partial charge on any atom is -0.0895 e. The summed E-state index contributed by atoms with van der Waals surface area (Å²) < 4.78 is 0. The van der Waals surface area contributed by atoms with E-state index in [1.54, 1.807) is 0 Å². The molecule has 2 saturated carbocycles. The lowest BCUT2D eigenvalue weighted by atomic mass is 9.86. The molecule has 0 radical (unpaired) electrons. The molecule has 22 heavy (non-hydrogen) atoms. The fraction of sp³-hybridized carbons (Fsp3) is 0.273. The second-order valence-electron chi connectivity index (χ2n) is 6.40. The van der Waals surface area contributed by atoms with Crippen LogP contribution in [0.3, 0.4) is 0 Å². The molecule has 106 valence electrons. The molecule has 0 unspecified atom stereocenters. The number of hydrogen-bond donors (Lipinski definition) is 0. The molecular weight excluding hydrogens is 264 g/mol. The maximum Gasteiger partial charge on any atom is 0.0484 e. The number of benzene rings is 2. The molecule has 2 aromatic carbocycles. The molecule has 0 saturated heterocycles. The highest BCUT2D eigenvalue weighted by molar-refractivity contribution is 5.45. The number of rotatable bonds is 1. The Morgan fingerprint density at radius 2 is 0.909 bits per heavy atom. The predicted molar refractivity (Wildman–Crippen MR) is 90.0 cm³/mol. The van der Waals surface area contributed by atoms with Crippen LogP contribution in [0.5, 0.6) is 0 Å². The monoisotopic (exact) mass is 282 g/mol. The van der Waals surface area contributed by atoms with Crippen molar-refractivity contribution in [3.05, 3.63) is 71.8 Å². The Morgan fingerprint density at radius 1 is 0.545 bits per heavy atom. The molecule has 0 aromatic heterocycles. The Labute approximate surface area is 132 Å². The summed E-state index contributed by atoms with van der Waals surface area (Å²) in [7, 11) is 0. The molecular formula is C22H18. The molecule has 2 aromatic rings. The molecule has 0 spiro atoms.